The summed E-state index contributed by atoms with van der Waals surface area (Å²) in [7, 11) is -7.18. The normalized spacial score (nSPS) is 17.1. The van der Waals surface area contributed by atoms with Crippen molar-refractivity contribution in [1.29, 1.82) is 0 Å². The Hall–Kier alpha value is -1.48. The second-order valence-electron chi connectivity index (χ2n) is 6.48. The molecule has 0 spiro atoms. The molecule has 1 heterocycles. The molecule has 5 nitrogen and oxygen atoms in total. The van der Waals surface area contributed by atoms with Crippen molar-refractivity contribution in [1.82, 2.24) is 4.31 Å². The minimum absolute atomic E-state index is 0.0594. The van der Waals surface area contributed by atoms with Gasteiger partial charge in [0.2, 0.25) is 10.0 Å². The molecule has 9 heteroatoms. The van der Waals surface area contributed by atoms with Gasteiger partial charge < -0.3 is 0 Å². The molecule has 0 aromatic heterocycles. The number of sulfonamides is 1. The van der Waals surface area contributed by atoms with Crippen LogP contribution < -0.4 is 0 Å². The second-order valence-corrected chi connectivity index (χ2v) is 11.1. The Kier molecular flexibility index (Phi) is 5.90. The molecule has 0 atom stereocenters. The van der Waals surface area contributed by atoms with E-state index in [1.54, 1.807) is 24.3 Å². The van der Waals surface area contributed by atoms with Gasteiger partial charge in [-0.15, -0.1) is 0 Å². The molecule has 27 heavy (non-hydrogen) atoms. The fourth-order valence-electron chi connectivity index (χ4n) is 3.17. The Morgan fingerprint density at radius 2 is 1.63 bits per heavy atom. The molecule has 0 saturated carbocycles. The maximum Gasteiger partial charge on any atom is 0.218 e. The lowest BCUT2D eigenvalue weighted by Crippen LogP contribution is -2.42. The lowest BCUT2D eigenvalue weighted by molar-refractivity contribution is 0.345. The quantitative estimate of drug-likeness (QED) is 0.681. The largest absolute Gasteiger partial charge is 0.223 e. The van der Waals surface area contributed by atoms with Gasteiger partial charge in [0, 0.05) is 18.1 Å². The Labute approximate surface area is 163 Å². The number of hydrogen-bond acceptors (Lipinski definition) is 4. The van der Waals surface area contributed by atoms with E-state index >= 15 is 0 Å². The van der Waals surface area contributed by atoms with Crippen LogP contribution >= 0.6 is 11.6 Å². The molecule has 0 unspecified atom stereocenters. The van der Waals surface area contributed by atoms with Gasteiger partial charge in [-0.2, -0.15) is 0 Å². The van der Waals surface area contributed by atoms with Gasteiger partial charge in [0.1, 0.15) is 5.82 Å². The fraction of sp³-hybridized carbons (Fsp3) is 0.333. The van der Waals surface area contributed by atoms with Gasteiger partial charge in [-0.25, -0.2) is 25.5 Å². The van der Waals surface area contributed by atoms with Crippen molar-refractivity contribution in [3.8, 4) is 0 Å². The lowest BCUT2D eigenvalue weighted by Gasteiger charge is -2.31. The molecule has 146 valence electrons. The maximum absolute atomic E-state index is 13.0. The summed E-state index contributed by atoms with van der Waals surface area (Å²) in [5.74, 6) is -0.681. The smallest absolute Gasteiger partial charge is 0.218 e. The fourth-order valence-corrected chi connectivity index (χ4v) is 6.66. The van der Waals surface area contributed by atoms with Crippen molar-refractivity contribution < 1.29 is 21.2 Å². The zero-order chi connectivity index (χ0) is 19.7. The monoisotopic (exact) mass is 431 g/mol. The molecular formula is C18H19ClFNO4S2. The molecule has 1 saturated heterocycles. The van der Waals surface area contributed by atoms with Crippen molar-refractivity contribution in [3.63, 3.8) is 0 Å². The SMILES string of the molecule is O=S(=O)(c1ccc(F)cc1)C1CCN(S(=O)(=O)Cc2cccc(Cl)c2)CC1. The van der Waals surface area contributed by atoms with E-state index in [1.807, 2.05) is 0 Å². The van der Waals surface area contributed by atoms with E-state index in [-0.39, 0.29) is 36.6 Å². The Balaban J connectivity index is 1.68. The molecule has 0 bridgehead atoms. The van der Waals surface area contributed by atoms with E-state index in [0.717, 1.165) is 12.1 Å². The van der Waals surface area contributed by atoms with Gasteiger partial charge in [-0.05, 0) is 54.8 Å². The zero-order valence-corrected chi connectivity index (χ0v) is 16.8. The van der Waals surface area contributed by atoms with Crippen molar-refractivity contribution >= 4 is 31.5 Å². The predicted molar refractivity (Wildman–Crippen MR) is 102 cm³/mol. The van der Waals surface area contributed by atoms with E-state index in [2.05, 4.69) is 0 Å². The molecule has 0 aliphatic carbocycles. The molecule has 2 aromatic carbocycles. The highest BCUT2D eigenvalue weighted by molar-refractivity contribution is 7.92. The summed E-state index contributed by atoms with van der Waals surface area (Å²) in [6.45, 7) is 0.266. The van der Waals surface area contributed by atoms with E-state index in [1.165, 1.54) is 16.4 Å². The molecule has 1 aliphatic heterocycles. The molecule has 2 aromatic rings. The Bertz CT molecular complexity index is 1020. The third kappa shape index (κ3) is 4.68. The first-order valence-electron chi connectivity index (χ1n) is 8.40. The summed E-state index contributed by atoms with van der Waals surface area (Å²) in [4.78, 5) is 0.0594. The second kappa shape index (κ2) is 7.87. The van der Waals surface area contributed by atoms with Crippen LogP contribution in [0.5, 0.6) is 0 Å². The van der Waals surface area contributed by atoms with E-state index in [0.29, 0.717) is 10.6 Å². The first-order valence-corrected chi connectivity index (χ1v) is 11.9. The van der Waals surface area contributed by atoms with Gasteiger partial charge in [0.05, 0.1) is 15.9 Å². The van der Waals surface area contributed by atoms with Gasteiger partial charge in [-0.1, -0.05) is 23.7 Å². The molecule has 0 N–H and O–H groups in total. The maximum atomic E-state index is 13.0. The third-order valence-corrected chi connectivity index (χ3v) is 8.98. The lowest BCUT2D eigenvalue weighted by atomic mass is 10.2. The number of halogens is 2. The van der Waals surface area contributed by atoms with Crippen LogP contribution in [0.2, 0.25) is 5.02 Å². The van der Waals surface area contributed by atoms with Crippen LogP contribution in [0.15, 0.2) is 53.4 Å². The molecule has 1 fully saturated rings. The van der Waals surface area contributed by atoms with Crippen LogP contribution in [0.1, 0.15) is 18.4 Å². The number of rotatable bonds is 5. The number of sulfone groups is 1. The topological polar surface area (TPSA) is 71.5 Å². The van der Waals surface area contributed by atoms with Crippen LogP contribution in [-0.4, -0.2) is 39.5 Å². The van der Waals surface area contributed by atoms with Crippen LogP contribution in [-0.2, 0) is 25.6 Å². The highest BCUT2D eigenvalue weighted by Gasteiger charge is 2.35. The predicted octanol–water partition coefficient (Wildman–Crippen LogP) is 3.25. The van der Waals surface area contributed by atoms with Gasteiger partial charge in [0.15, 0.2) is 9.84 Å². The summed E-state index contributed by atoms with van der Waals surface area (Å²) in [5.41, 5.74) is 0.587. The van der Waals surface area contributed by atoms with Gasteiger partial charge >= 0.3 is 0 Å². The minimum atomic E-state index is -3.62. The van der Waals surface area contributed by atoms with Crippen molar-refractivity contribution in [2.24, 2.45) is 0 Å². The summed E-state index contributed by atoms with van der Waals surface area (Å²) in [6, 6.07) is 11.4. The standard InChI is InChI=1S/C18H19ClFNO4S2/c19-15-3-1-2-14(12-15)13-26(22,23)21-10-8-18(9-11-21)27(24,25)17-6-4-16(20)5-7-17/h1-7,12,18H,8-11,13H2. The number of piperidine rings is 1. The molecular weight excluding hydrogens is 413 g/mol. The van der Waals surface area contributed by atoms with Crippen molar-refractivity contribution in [2.45, 2.75) is 28.7 Å². The molecule has 0 amide bonds. The Morgan fingerprint density at radius 3 is 2.22 bits per heavy atom. The van der Waals surface area contributed by atoms with Gasteiger partial charge in [0.25, 0.3) is 0 Å². The third-order valence-electron chi connectivity index (χ3n) is 4.61. The minimum Gasteiger partial charge on any atom is -0.223 e. The summed E-state index contributed by atoms with van der Waals surface area (Å²) < 4.78 is 65.0. The van der Waals surface area contributed by atoms with Gasteiger partial charge in [-0.3, -0.25) is 0 Å². The number of hydrogen-bond donors (Lipinski definition) is 0. The van der Waals surface area contributed by atoms with Crippen LogP contribution in [0, 0.1) is 5.82 Å². The van der Waals surface area contributed by atoms with E-state index in [9.17, 15) is 21.2 Å². The van der Waals surface area contributed by atoms with Crippen LogP contribution in [0.4, 0.5) is 4.39 Å². The number of nitrogens with zero attached hydrogens (tertiary/aromatic N) is 1. The first-order chi connectivity index (χ1) is 12.7. The first kappa shape index (κ1) is 20.3. The van der Waals surface area contributed by atoms with Crippen molar-refractivity contribution in [2.75, 3.05) is 13.1 Å². The summed E-state index contributed by atoms with van der Waals surface area (Å²) in [5, 5.41) is -0.215. The molecule has 3 rings (SSSR count). The zero-order valence-electron chi connectivity index (χ0n) is 14.4. The van der Waals surface area contributed by atoms with E-state index in [4.69, 9.17) is 11.6 Å². The Morgan fingerprint density at radius 1 is 1.00 bits per heavy atom. The average Bonchev–Trinajstić information content (AvgIpc) is 2.62. The molecule has 0 radical (unpaired) electrons. The highest BCUT2D eigenvalue weighted by atomic mass is 35.5. The summed E-state index contributed by atoms with van der Waals surface area (Å²) >= 11 is 5.90. The average molecular weight is 432 g/mol. The highest BCUT2D eigenvalue weighted by Crippen LogP contribution is 2.27. The van der Waals surface area contributed by atoms with Crippen LogP contribution in [0.25, 0.3) is 0 Å². The van der Waals surface area contributed by atoms with E-state index < -0.39 is 30.9 Å². The summed E-state index contributed by atoms with van der Waals surface area (Å²) in [6.07, 6.45) is 0.406. The number of benzene rings is 2. The van der Waals surface area contributed by atoms with Crippen molar-refractivity contribution in [3.05, 3.63) is 64.9 Å². The molecule has 1 aliphatic rings. The van der Waals surface area contributed by atoms with Crippen LogP contribution in [0.3, 0.4) is 0 Å².